The molecule has 0 saturated heterocycles. The van der Waals surface area contributed by atoms with E-state index in [1.807, 2.05) is 6.42 Å². The third-order valence-electron chi connectivity index (χ3n) is 1.47. The fraction of sp³-hybridized carbons (Fsp3) is 0. The Morgan fingerprint density at radius 1 is 1.33 bits per heavy atom. The zero-order valence-electron chi connectivity index (χ0n) is 6.53. The predicted octanol–water partition coefficient (Wildman–Crippen LogP) is 2.12. The maximum atomic E-state index is 10.4. The molecule has 61 valence electrons. The number of rotatable bonds is 3. The lowest BCUT2D eigenvalue weighted by atomic mass is 10.1. The Labute approximate surface area is 71.2 Å². The first-order valence-electron chi connectivity index (χ1n) is 3.53. The molecule has 2 nitrogen and oxygen atoms in total. The lowest BCUT2D eigenvalue weighted by molar-refractivity contribution is 0.0697. The first kappa shape index (κ1) is 8.53. The van der Waals surface area contributed by atoms with Gasteiger partial charge in [0.2, 0.25) is 0 Å². The van der Waals surface area contributed by atoms with E-state index in [0.717, 1.165) is 5.56 Å². The smallest absolute Gasteiger partial charge is 0.335 e. The predicted molar refractivity (Wildman–Crippen MR) is 47.0 cm³/mol. The van der Waals surface area contributed by atoms with Crippen molar-refractivity contribution in [1.29, 1.82) is 0 Å². The van der Waals surface area contributed by atoms with Gasteiger partial charge in [-0.15, -0.1) is 6.58 Å². The van der Waals surface area contributed by atoms with E-state index in [9.17, 15) is 4.79 Å². The monoisotopic (exact) mass is 161 g/mol. The second-order valence-corrected chi connectivity index (χ2v) is 2.33. The molecular formula is C10H9O2. The molecule has 0 aromatic heterocycles. The maximum absolute atomic E-state index is 10.4. The lowest BCUT2D eigenvalue weighted by Crippen LogP contribution is -1.95. The lowest BCUT2D eigenvalue weighted by Gasteiger charge is -1.96. The number of carboxylic acids is 1. The zero-order valence-corrected chi connectivity index (χ0v) is 6.53. The Bertz CT molecular complexity index is 285. The first-order chi connectivity index (χ1) is 5.74. The van der Waals surface area contributed by atoms with Crippen molar-refractivity contribution in [2.45, 2.75) is 0 Å². The summed E-state index contributed by atoms with van der Waals surface area (Å²) in [5.41, 5.74) is 1.26. The number of benzene rings is 1. The minimum absolute atomic E-state index is 0.302. The SMILES string of the molecule is C=C[CH]c1ccc(C(=O)O)cc1. The van der Waals surface area contributed by atoms with Crippen LogP contribution >= 0.6 is 0 Å². The molecule has 1 N–H and O–H groups in total. The van der Waals surface area contributed by atoms with Crippen molar-refractivity contribution in [3.05, 3.63) is 54.5 Å². The normalized spacial score (nSPS) is 9.33. The summed E-state index contributed by atoms with van der Waals surface area (Å²) in [5.74, 6) is -0.903. The highest BCUT2D eigenvalue weighted by atomic mass is 16.4. The van der Waals surface area contributed by atoms with Crippen molar-refractivity contribution < 1.29 is 9.90 Å². The minimum Gasteiger partial charge on any atom is -0.478 e. The van der Waals surface area contributed by atoms with Crippen LogP contribution in [0, 0.1) is 6.42 Å². The summed E-state index contributed by atoms with van der Waals surface area (Å²) >= 11 is 0. The molecule has 0 spiro atoms. The number of carboxylic acid groups (broad SMARTS) is 1. The average molecular weight is 161 g/mol. The molecule has 0 fully saturated rings. The Kier molecular flexibility index (Phi) is 2.64. The highest BCUT2D eigenvalue weighted by Gasteiger charge is 2.00. The third kappa shape index (κ3) is 1.95. The molecule has 0 aliphatic rings. The highest BCUT2D eigenvalue weighted by Crippen LogP contribution is 2.06. The molecule has 0 heterocycles. The van der Waals surface area contributed by atoms with Gasteiger partial charge in [0.05, 0.1) is 5.56 Å². The molecular weight excluding hydrogens is 152 g/mol. The fourth-order valence-electron chi connectivity index (χ4n) is 0.873. The molecule has 0 saturated carbocycles. The number of carbonyl (C=O) groups is 1. The summed E-state index contributed by atoms with van der Waals surface area (Å²) in [5, 5.41) is 8.58. The van der Waals surface area contributed by atoms with E-state index in [4.69, 9.17) is 5.11 Å². The molecule has 1 aromatic carbocycles. The van der Waals surface area contributed by atoms with Crippen molar-refractivity contribution in [3.63, 3.8) is 0 Å². The molecule has 0 aliphatic heterocycles. The van der Waals surface area contributed by atoms with Crippen LogP contribution in [0.15, 0.2) is 36.9 Å². The van der Waals surface area contributed by atoms with Crippen molar-refractivity contribution in [1.82, 2.24) is 0 Å². The van der Waals surface area contributed by atoms with E-state index >= 15 is 0 Å². The van der Waals surface area contributed by atoms with Crippen molar-refractivity contribution in [2.75, 3.05) is 0 Å². The molecule has 0 amide bonds. The van der Waals surface area contributed by atoms with Gasteiger partial charge in [0.15, 0.2) is 0 Å². The van der Waals surface area contributed by atoms with Gasteiger partial charge in [-0.05, 0) is 17.7 Å². The van der Waals surface area contributed by atoms with E-state index in [0.29, 0.717) is 5.56 Å². The van der Waals surface area contributed by atoms with Gasteiger partial charge in [-0.1, -0.05) is 18.2 Å². The summed E-state index contributed by atoms with van der Waals surface area (Å²) in [4.78, 5) is 10.4. The Hall–Kier alpha value is -1.57. The molecule has 2 heteroatoms. The van der Waals surface area contributed by atoms with Gasteiger partial charge in [0.25, 0.3) is 0 Å². The summed E-state index contributed by atoms with van der Waals surface area (Å²) in [7, 11) is 0. The van der Waals surface area contributed by atoms with Crippen LogP contribution in [0.2, 0.25) is 0 Å². The maximum Gasteiger partial charge on any atom is 0.335 e. The number of hydrogen-bond donors (Lipinski definition) is 1. The van der Waals surface area contributed by atoms with Gasteiger partial charge < -0.3 is 5.11 Å². The standard InChI is InChI=1S/C10H9O2/c1-2-3-8-4-6-9(7-5-8)10(11)12/h2-7H,1H2,(H,11,12). The molecule has 0 atom stereocenters. The number of aromatic carboxylic acids is 1. The van der Waals surface area contributed by atoms with Crippen LogP contribution in [0.4, 0.5) is 0 Å². The van der Waals surface area contributed by atoms with Gasteiger partial charge in [0.1, 0.15) is 0 Å². The minimum atomic E-state index is -0.903. The molecule has 0 bridgehead atoms. The Morgan fingerprint density at radius 3 is 2.33 bits per heavy atom. The first-order valence-corrected chi connectivity index (χ1v) is 3.53. The second kappa shape index (κ2) is 3.72. The largest absolute Gasteiger partial charge is 0.478 e. The van der Waals surface area contributed by atoms with E-state index in [2.05, 4.69) is 6.58 Å². The van der Waals surface area contributed by atoms with Crippen molar-refractivity contribution in [2.24, 2.45) is 0 Å². The molecule has 12 heavy (non-hydrogen) atoms. The van der Waals surface area contributed by atoms with Crippen LogP contribution in [-0.4, -0.2) is 11.1 Å². The fourth-order valence-corrected chi connectivity index (χ4v) is 0.873. The van der Waals surface area contributed by atoms with Gasteiger partial charge in [-0.3, -0.25) is 0 Å². The Balaban J connectivity index is 2.85. The molecule has 1 rings (SSSR count). The number of allylic oxidation sites excluding steroid dienone is 1. The quantitative estimate of drug-likeness (QED) is 0.737. The summed E-state index contributed by atoms with van der Waals surface area (Å²) in [6.07, 6.45) is 3.47. The third-order valence-corrected chi connectivity index (χ3v) is 1.47. The second-order valence-electron chi connectivity index (χ2n) is 2.33. The molecule has 1 aromatic rings. The van der Waals surface area contributed by atoms with Crippen molar-refractivity contribution in [3.8, 4) is 0 Å². The van der Waals surface area contributed by atoms with Crippen LogP contribution in [0.3, 0.4) is 0 Å². The van der Waals surface area contributed by atoms with E-state index in [1.54, 1.807) is 30.3 Å². The van der Waals surface area contributed by atoms with Gasteiger partial charge in [0, 0.05) is 6.42 Å². The van der Waals surface area contributed by atoms with Crippen LogP contribution < -0.4 is 0 Å². The summed E-state index contributed by atoms with van der Waals surface area (Å²) in [6.45, 7) is 3.54. The molecule has 0 unspecified atom stereocenters. The Morgan fingerprint density at radius 2 is 1.92 bits per heavy atom. The molecule has 0 aliphatic carbocycles. The van der Waals surface area contributed by atoms with Crippen LogP contribution in [-0.2, 0) is 0 Å². The topological polar surface area (TPSA) is 37.3 Å². The van der Waals surface area contributed by atoms with E-state index in [1.165, 1.54) is 0 Å². The van der Waals surface area contributed by atoms with Crippen LogP contribution in [0.25, 0.3) is 0 Å². The summed E-state index contributed by atoms with van der Waals surface area (Å²) < 4.78 is 0. The zero-order chi connectivity index (χ0) is 8.97. The summed E-state index contributed by atoms with van der Waals surface area (Å²) in [6, 6.07) is 6.62. The van der Waals surface area contributed by atoms with E-state index in [-0.39, 0.29) is 0 Å². The van der Waals surface area contributed by atoms with Gasteiger partial charge in [-0.2, -0.15) is 0 Å². The van der Waals surface area contributed by atoms with Crippen LogP contribution in [0.5, 0.6) is 0 Å². The highest BCUT2D eigenvalue weighted by molar-refractivity contribution is 5.87. The number of hydrogen-bond acceptors (Lipinski definition) is 1. The van der Waals surface area contributed by atoms with E-state index < -0.39 is 5.97 Å². The van der Waals surface area contributed by atoms with Gasteiger partial charge >= 0.3 is 5.97 Å². The van der Waals surface area contributed by atoms with Crippen LogP contribution in [0.1, 0.15) is 15.9 Å². The van der Waals surface area contributed by atoms with Crippen molar-refractivity contribution >= 4 is 5.97 Å². The molecule has 1 radical (unpaired) electrons. The van der Waals surface area contributed by atoms with Gasteiger partial charge in [-0.25, -0.2) is 4.79 Å². The average Bonchev–Trinajstić information content (AvgIpc) is 2.06.